The number of nitrogens with one attached hydrogen (secondary N) is 1. The van der Waals surface area contributed by atoms with Gasteiger partial charge in [-0.15, -0.1) is 0 Å². The van der Waals surface area contributed by atoms with Gasteiger partial charge in [0.1, 0.15) is 6.10 Å². The molecule has 1 heterocycles. The average molecular weight is 413 g/mol. The van der Waals surface area contributed by atoms with Gasteiger partial charge in [0, 0.05) is 6.54 Å². The van der Waals surface area contributed by atoms with Crippen molar-refractivity contribution in [1.82, 2.24) is 5.32 Å². The number of hydrogen-bond acceptors (Lipinski definition) is 5. The maximum Gasteiger partial charge on any atom is 0.336 e. The van der Waals surface area contributed by atoms with Crippen LogP contribution in [0.5, 0.6) is 0 Å². The fourth-order valence-electron chi connectivity index (χ4n) is 3.30. The van der Waals surface area contributed by atoms with Gasteiger partial charge in [-0.1, -0.05) is 36.4 Å². The molecule has 2 unspecified atom stereocenters. The van der Waals surface area contributed by atoms with Crippen molar-refractivity contribution in [2.75, 3.05) is 13.2 Å². The Morgan fingerprint density at radius 1 is 1.07 bits per heavy atom. The summed E-state index contributed by atoms with van der Waals surface area (Å²) in [6.45, 7) is 3.88. The van der Waals surface area contributed by atoms with Crippen LogP contribution in [0, 0.1) is 0 Å². The second-order valence-corrected chi connectivity index (χ2v) is 7.44. The van der Waals surface area contributed by atoms with E-state index < -0.39 is 29.6 Å². The monoisotopic (exact) mass is 413 g/mol. The van der Waals surface area contributed by atoms with Crippen LogP contribution in [0.15, 0.2) is 48.5 Å². The Morgan fingerprint density at radius 3 is 2.23 bits per heavy atom. The summed E-state index contributed by atoms with van der Waals surface area (Å²) >= 11 is 0. The van der Waals surface area contributed by atoms with Gasteiger partial charge in [0.25, 0.3) is 5.91 Å². The van der Waals surface area contributed by atoms with Gasteiger partial charge < -0.3 is 25.0 Å². The number of benzene rings is 2. The van der Waals surface area contributed by atoms with Gasteiger partial charge in [-0.3, -0.25) is 9.59 Å². The van der Waals surface area contributed by atoms with Crippen molar-refractivity contribution in [2.45, 2.75) is 31.7 Å². The fraction of sp³-hybridized carbons (Fsp3) is 0.318. The minimum Gasteiger partial charge on any atom is -0.481 e. The molecule has 1 aliphatic heterocycles. The molecule has 3 N–H and O–H groups in total. The smallest absolute Gasteiger partial charge is 0.336 e. The lowest BCUT2D eigenvalue weighted by Gasteiger charge is -2.18. The largest absolute Gasteiger partial charge is 0.481 e. The summed E-state index contributed by atoms with van der Waals surface area (Å²) in [5.41, 5.74) is 1.21. The Morgan fingerprint density at radius 2 is 1.70 bits per heavy atom. The molecule has 2 aromatic carbocycles. The molecule has 1 fully saturated rings. The summed E-state index contributed by atoms with van der Waals surface area (Å²) in [6.07, 6.45) is -0.232. The van der Waals surface area contributed by atoms with E-state index in [4.69, 9.17) is 9.47 Å². The van der Waals surface area contributed by atoms with Crippen LogP contribution in [0.3, 0.4) is 0 Å². The number of aliphatic carboxylic acids is 1. The van der Waals surface area contributed by atoms with Crippen LogP contribution < -0.4 is 5.32 Å². The minimum atomic E-state index is -1.23. The Kier molecular flexibility index (Phi) is 6.19. The molecule has 0 bridgehead atoms. The Bertz CT molecular complexity index is 952. The van der Waals surface area contributed by atoms with E-state index >= 15 is 0 Å². The normalized spacial score (nSPS) is 18.5. The summed E-state index contributed by atoms with van der Waals surface area (Å²) in [6, 6.07) is 12.7. The van der Waals surface area contributed by atoms with E-state index in [9.17, 15) is 24.6 Å². The van der Waals surface area contributed by atoms with Crippen LogP contribution in [-0.2, 0) is 14.3 Å². The fourth-order valence-corrected chi connectivity index (χ4v) is 3.30. The summed E-state index contributed by atoms with van der Waals surface area (Å²) in [5, 5.41) is 21.4. The quantitative estimate of drug-likeness (QED) is 0.638. The third-order valence-corrected chi connectivity index (χ3v) is 4.89. The molecular formula is C22H23NO7. The molecule has 0 spiro atoms. The van der Waals surface area contributed by atoms with Crippen molar-refractivity contribution in [3.63, 3.8) is 0 Å². The van der Waals surface area contributed by atoms with E-state index in [2.05, 4.69) is 5.32 Å². The molecule has 0 aromatic heterocycles. The molecule has 0 saturated carbocycles. The highest BCUT2D eigenvalue weighted by Crippen LogP contribution is 2.33. The van der Waals surface area contributed by atoms with E-state index in [1.165, 1.54) is 18.2 Å². The number of carboxylic acids is 2. The topological polar surface area (TPSA) is 122 Å². The zero-order chi connectivity index (χ0) is 21.9. The van der Waals surface area contributed by atoms with Crippen LogP contribution in [0.1, 0.15) is 57.7 Å². The SMILES string of the molecule is CC1(C)OCC(c2ccc(C(CNC(=O)c3ccccc3C(=O)O)C(=O)O)cc2)O1. The molecule has 2 aromatic rings. The van der Waals surface area contributed by atoms with Crippen molar-refractivity contribution in [2.24, 2.45) is 0 Å². The van der Waals surface area contributed by atoms with Gasteiger partial charge in [0.15, 0.2) is 5.79 Å². The highest BCUT2D eigenvalue weighted by atomic mass is 16.7. The lowest BCUT2D eigenvalue weighted by Crippen LogP contribution is -2.32. The van der Waals surface area contributed by atoms with Crippen LogP contribution >= 0.6 is 0 Å². The molecule has 1 amide bonds. The number of carbonyl (C=O) groups is 3. The van der Waals surface area contributed by atoms with Gasteiger partial charge in [0.05, 0.1) is 23.7 Å². The first-order chi connectivity index (χ1) is 14.2. The van der Waals surface area contributed by atoms with Crippen molar-refractivity contribution < 1.29 is 34.1 Å². The molecule has 1 saturated heterocycles. The number of rotatable bonds is 7. The maximum atomic E-state index is 12.4. The second kappa shape index (κ2) is 8.64. The Hall–Kier alpha value is -3.23. The predicted molar refractivity (Wildman–Crippen MR) is 106 cm³/mol. The standard InChI is InChI=1S/C22H23NO7/c1-22(2)29-12-18(30-22)14-9-7-13(8-10-14)17(21(27)28)11-23-19(24)15-5-3-4-6-16(15)20(25)26/h3-10,17-18H,11-12H2,1-2H3,(H,23,24)(H,25,26)(H,27,28). The second-order valence-electron chi connectivity index (χ2n) is 7.44. The van der Waals surface area contributed by atoms with E-state index in [0.717, 1.165) is 5.56 Å². The molecule has 2 atom stereocenters. The number of aromatic carboxylic acids is 1. The average Bonchev–Trinajstić information content (AvgIpc) is 3.08. The van der Waals surface area contributed by atoms with E-state index in [1.54, 1.807) is 30.3 Å². The molecule has 0 radical (unpaired) electrons. The number of carboxylic acid groups (broad SMARTS) is 2. The summed E-state index contributed by atoms with van der Waals surface area (Å²) in [7, 11) is 0. The van der Waals surface area contributed by atoms with Crippen LogP contribution in [-0.4, -0.2) is 47.0 Å². The highest BCUT2D eigenvalue weighted by molar-refractivity contribution is 6.04. The van der Waals surface area contributed by atoms with Gasteiger partial charge in [-0.05, 0) is 37.1 Å². The van der Waals surface area contributed by atoms with Crippen molar-refractivity contribution in [3.05, 3.63) is 70.8 Å². The minimum absolute atomic E-state index is 0.0227. The molecule has 30 heavy (non-hydrogen) atoms. The van der Waals surface area contributed by atoms with Gasteiger partial charge in [0.2, 0.25) is 0 Å². The summed E-state index contributed by atoms with van der Waals surface area (Å²) in [4.78, 5) is 35.5. The highest BCUT2D eigenvalue weighted by Gasteiger charge is 2.33. The molecule has 158 valence electrons. The number of hydrogen-bond donors (Lipinski definition) is 3. The molecule has 3 rings (SSSR count). The van der Waals surface area contributed by atoms with E-state index in [0.29, 0.717) is 12.2 Å². The van der Waals surface area contributed by atoms with E-state index in [1.807, 2.05) is 13.8 Å². The first-order valence-electron chi connectivity index (χ1n) is 9.43. The molecular weight excluding hydrogens is 390 g/mol. The third-order valence-electron chi connectivity index (χ3n) is 4.89. The molecule has 1 aliphatic rings. The van der Waals surface area contributed by atoms with Gasteiger partial charge in [-0.25, -0.2) is 4.79 Å². The number of carbonyl (C=O) groups excluding carboxylic acids is 1. The number of ether oxygens (including phenoxy) is 2. The van der Waals surface area contributed by atoms with E-state index in [-0.39, 0.29) is 23.8 Å². The van der Waals surface area contributed by atoms with Gasteiger partial charge in [-0.2, -0.15) is 0 Å². The van der Waals surface area contributed by atoms with Crippen molar-refractivity contribution in [3.8, 4) is 0 Å². The molecule has 8 nitrogen and oxygen atoms in total. The van der Waals surface area contributed by atoms with Crippen LogP contribution in [0.25, 0.3) is 0 Å². The maximum absolute atomic E-state index is 12.4. The van der Waals surface area contributed by atoms with Crippen LogP contribution in [0.2, 0.25) is 0 Å². The lowest BCUT2D eigenvalue weighted by atomic mass is 9.96. The zero-order valence-electron chi connectivity index (χ0n) is 16.6. The van der Waals surface area contributed by atoms with Crippen molar-refractivity contribution in [1.29, 1.82) is 0 Å². The first-order valence-corrected chi connectivity index (χ1v) is 9.43. The lowest BCUT2D eigenvalue weighted by molar-refractivity contribution is -0.139. The Labute approximate surface area is 173 Å². The summed E-state index contributed by atoms with van der Waals surface area (Å²) < 4.78 is 11.3. The summed E-state index contributed by atoms with van der Waals surface area (Å²) in [5.74, 6) is -4.63. The Balaban J connectivity index is 1.70. The third kappa shape index (κ3) is 4.84. The van der Waals surface area contributed by atoms with Crippen molar-refractivity contribution >= 4 is 17.8 Å². The number of amides is 1. The molecule has 0 aliphatic carbocycles. The molecule has 8 heteroatoms. The van der Waals surface area contributed by atoms with Gasteiger partial charge >= 0.3 is 11.9 Å². The predicted octanol–water partition coefficient (Wildman–Crippen LogP) is 2.81. The van der Waals surface area contributed by atoms with Crippen LogP contribution in [0.4, 0.5) is 0 Å². The zero-order valence-corrected chi connectivity index (χ0v) is 16.6. The first kappa shape index (κ1) is 21.5.